The zero-order chi connectivity index (χ0) is 37.1. The molecule has 7 nitrogen and oxygen atoms in total. The molecular weight excluding hydrogens is 716 g/mol. The largest absolute Gasteiger partial charge is 0.541 e. The van der Waals surface area contributed by atoms with Gasteiger partial charge in [0.25, 0.3) is 8.32 Å². The van der Waals surface area contributed by atoms with Crippen molar-refractivity contribution in [1.29, 1.82) is 0 Å². The van der Waals surface area contributed by atoms with Gasteiger partial charge in [-0.15, -0.1) is 0 Å². The van der Waals surface area contributed by atoms with Gasteiger partial charge in [0.2, 0.25) is 14.2 Å². The van der Waals surface area contributed by atoms with Gasteiger partial charge < -0.3 is 18.8 Å². The standard InChI is InChI=1S/C40H58Cl2N2O5Si2/c1-38(2,3)50(7,8)48-33-22-32(45)26-21-31-27-14-16-30(37-40(27,35(26)36(33)47-37)17-18-43(31)23-24-11-12-24)44(49-51(9,10)39(4,5)6)34(46)20-25-13-15-28(41)29(42)19-25/h13,15,19,22,24,27,30-31,37,45H,11-12,14,16-18,20-21,23H2,1-10H3/t27-,30-,31+,37-,40-/m0/s1. The van der Waals surface area contributed by atoms with E-state index in [2.05, 4.69) is 72.6 Å². The summed E-state index contributed by atoms with van der Waals surface area (Å²) >= 11 is 12.7. The van der Waals surface area contributed by atoms with E-state index in [1.165, 1.54) is 12.8 Å². The summed E-state index contributed by atoms with van der Waals surface area (Å²) in [4.78, 5) is 17.5. The van der Waals surface area contributed by atoms with Crippen molar-refractivity contribution < 1.29 is 23.6 Å². The van der Waals surface area contributed by atoms with Gasteiger partial charge in [0.1, 0.15) is 11.9 Å². The Morgan fingerprint density at radius 2 is 1.69 bits per heavy atom. The Bertz CT molecular complexity index is 1720. The molecular formula is C40H58Cl2N2O5Si2. The number of amides is 1. The Morgan fingerprint density at radius 1 is 1.00 bits per heavy atom. The first-order valence-corrected chi connectivity index (χ1v) is 25.7. The Morgan fingerprint density at radius 3 is 2.31 bits per heavy atom. The second-order valence-corrected chi connectivity index (χ2v) is 29.5. The van der Waals surface area contributed by atoms with Gasteiger partial charge in [-0.05, 0) is 111 Å². The normalized spacial score (nSPS) is 27.5. The molecule has 3 fully saturated rings. The molecule has 0 unspecified atom stereocenters. The van der Waals surface area contributed by atoms with Crippen molar-refractivity contribution in [3.8, 4) is 17.2 Å². The first-order chi connectivity index (χ1) is 23.6. The van der Waals surface area contributed by atoms with Crippen LogP contribution in [0, 0.1) is 11.8 Å². The van der Waals surface area contributed by atoms with Crippen molar-refractivity contribution in [3.63, 3.8) is 0 Å². The molecule has 2 bridgehead atoms. The van der Waals surface area contributed by atoms with Crippen molar-refractivity contribution in [3.05, 3.63) is 51.0 Å². The number of benzene rings is 2. The molecule has 51 heavy (non-hydrogen) atoms. The van der Waals surface area contributed by atoms with Crippen LogP contribution in [0.2, 0.25) is 46.3 Å². The molecule has 2 heterocycles. The summed E-state index contributed by atoms with van der Waals surface area (Å²) < 4.78 is 21.5. The maximum absolute atomic E-state index is 14.7. The fraction of sp³-hybridized carbons (Fsp3) is 0.675. The van der Waals surface area contributed by atoms with Gasteiger partial charge in [0, 0.05) is 35.2 Å². The molecule has 11 heteroatoms. The molecule has 1 spiro atoms. The number of halogens is 2. The first-order valence-electron chi connectivity index (χ1n) is 19.1. The lowest BCUT2D eigenvalue weighted by Crippen LogP contribution is -2.70. The van der Waals surface area contributed by atoms with Crippen LogP contribution in [-0.4, -0.2) is 68.9 Å². The maximum Gasteiger partial charge on any atom is 0.250 e. The number of nitrogens with zero attached hydrogens (tertiary/aromatic N) is 2. The minimum atomic E-state index is -2.48. The van der Waals surface area contributed by atoms with Crippen molar-refractivity contribution in [2.75, 3.05) is 13.1 Å². The lowest BCUT2D eigenvalue weighted by Gasteiger charge is -2.60. The lowest BCUT2D eigenvalue weighted by atomic mass is 9.51. The van der Waals surface area contributed by atoms with Crippen LogP contribution in [0.5, 0.6) is 17.2 Å². The van der Waals surface area contributed by atoms with Gasteiger partial charge in [0.15, 0.2) is 11.5 Å². The second-order valence-electron chi connectivity index (χ2n) is 19.2. The molecule has 5 aliphatic rings. The summed E-state index contributed by atoms with van der Waals surface area (Å²) in [7, 11) is -4.78. The van der Waals surface area contributed by atoms with Crippen LogP contribution in [-0.2, 0) is 27.6 Å². The van der Waals surface area contributed by atoms with Gasteiger partial charge >= 0.3 is 0 Å². The zero-order valence-electron chi connectivity index (χ0n) is 32.3. The van der Waals surface area contributed by atoms with Crippen LogP contribution < -0.4 is 9.16 Å². The third-order valence-electron chi connectivity index (χ3n) is 13.9. The van der Waals surface area contributed by atoms with E-state index in [9.17, 15) is 9.90 Å². The number of hydroxylamine groups is 2. The van der Waals surface area contributed by atoms with Crippen LogP contribution in [0.25, 0.3) is 0 Å². The predicted octanol–water partition coefficient (Wildman–Crippen LogP) is 9.91. The fourth-order valence-electron chi connectivity index (χ4n) is 8.84. The van der Waals surface area contributed by atoms with Crippen molar-refractivity contribution in [2.24, 2.45) is 11.8 Å². The molecule has 0 aromatic heterocycles. The van der Waals surface area contributed by atoms with Gasteiger partial charge in [-0.2, -0.15) is 0 Å². The molecule has 2 aromatic rings. The summed E-state index contributed by atoms with van der Waals surface area (Å²) in [6.45, 7) is 24.3. The van der Waals surface area contributed by atoms with E-state index in [1.54, 1.807) is 17.2 Å². The number of likely N-dealkylation sites (tertiary alicyclic amines) is 1. The van der Waals surface area contributed by atoms with Crippen molar-refractivity contribution in [1.82, 2.24) is 9.96 Å². The van der Waals surface area contributed by atoms with Gasteiger partial charge in [-0.25, -0.2) is 5.06 Å². The molecule has 1 saturated heterocycles. The molecule has 7 rings (SSSR count). The average Bonchev–Trinajstić information content (AvgIpc) is 3.77. The van der Waals surface area contributed by atoms with Gasteiger partial charge in [0.05, 0.1) is 22.5 Å². The molecule has 2 saturated carbocycles. The number of phenols is 1. The maximum atomic E-state index is 14.7. The highest BCUT2D eigenvalue weighted by Gasteiger charge is 2.68. The third-order valence-corrected chi connectivity index (χ3v) is 23.2. The Kier molecular flexibility index (Phi) is 9.32. The summed E-state index contributed by atoms with van der Waals surface area (Å²) in [6.07, 6.45) is 5.90. The summed E-state index contributed by atoms with van der Waals surface area (Å²) in [5.41, 5.74) is 2.59. The number of hydrogen-bond acceptors (Lipinski definition) is 6. The molecule has 2 aliphatic heterocycles. The van der Waals surface area contributed by atoms with Gasteiger partial charge in [-0.1, -0.05) is 70.8 Å². The molecule has 1 N–H and O–H groups in total. The zero-order valence-corrected chi connectivity index (χ0v) is 35.8. The Balaban J connectivity index is 1.34. The van der Waals surface area contributed by atoms with Crippen LogP contribution in [0.4, 0.5) is 0 Å². The molecule has 2 aromatic carbocycles. The second kappa shape index (κ2) is 12.7. The predicted molar refractivity (Wildman–Crippen MR) is 210 cm³/mol. The molecule has 3 aliphatic carbocycles. The number of phenolic OH excluding ortho intramolecular Hbond substituents is 1. The van der Waals surface area contributed by atoms with E-state index in [4.69, 9.17) is 36.9 Å². The Hall–Kier alpha value is -1.76. The number of hydrogen-bond donors (Lipinski definition) is 1. The SMILES string of the molecule is CC(C)(C)[Si](C)(C)Oc1cc(O)c2c3c1O[C@H]1[C@@H](N(O[Si](C)(C)C(C)(C)C)C(=O)Cc4ccc(Cl)c(Cl)c4)CC[C@H]4[C@@H](C2)N(CC2CC2)CC[C@@]341. The van der Waals surface area contributed by atoms with Crippen LogP contribution in [0.1, 0.15) is 90.3 Å². The number of piperidine rings is 1. The van der Waals surface area contributed by atoms with E-state index in [-0.39, 0.29) is 40.0 Å². The van der Waals surface area contributed by atoms with E-state index in [0.29, 0.717) is 33.5 Å². The first kappa shape index (κ1) is 37.6. The minimum absolute atomic E-state index is 0.0377. The number of aromatic hydroxyl groups is 1. The fourth-order valence-corrected chi connectivity index (χ4v) is 11.2. The van der Waals surface area contributed by atoms with Gasteiger partial charge in [-0.3, -0.25) is 9.69 Å². The highest BCUT2D eigenvalue weighted by Crippen LogP contribution is 2.66. The topological polar surface area (TPSA) is 71.5 Å². The lowest BCUT2D eigenvalue weighted by molar-refractivity contribution is -0.191. The third kappa shape index (κ3) is 6.37. The number of carbonyl (C=O) groups excluding carboxylic acids is 1. The summed E-state index contributed by atoms with van der Waals surface area (Å²) in [6, 6.07) is 7.24. The smallest absolute Gasteiger partial charge is 0.250 e. The average molecular weight is 774 g/mol. The molecule has 280 valence electrons. The highest BCUT2D eigenvalue weighted by atomic mass is 35.5. The number of rotatable bonds is 9. The number of carbonyl (C=O) groups is 1. The van der Waals surface area contributed by atoms with E-state index in [0.717, 1.165) is 67.1 Å². The minimum Gasteiger partial charge on any atom is -0.541 e. The monoisotopic (exact) mass is 772 g/mol. The quantitative estimate of drug-likeness (QED) is 0.202. The molecule has 0 radical (unpaired) electrons. The van der Waals surface area contributed by atoms with E-state index < -0.39 is 16.6 Å². The van der Waals surface area contributed by atoms with E-state index >= 15 is 0 Å². The van der Waals surface area contributed by atoms with Crippen molar-refractivity contribution >= 4 is 45.7 Å². The summed E-state index contributed by atoms with van der Waals surface area (Å²) in [5, 5.41) is 14.3. The van der Waals surface area contributed by atoms with Crippen LogP contribution >= 0.6 is 23.2 Å². The summed E-state index contributed by atoms with van der Waals surface area (Å²) in [5.74, 6) is 2.78. The molecule has 5 atom stereocenters. The van der Waals surface area contributed by atoms with E-state index in [1.807, 2.05) is 12.1 Å². The van der Waals surface area contributed by atoms with Crippen LogP contribution in [0.15, 0.2) is 24.3 Å². The Labute approximate surface area is 317 Å². The van der Waals surface area contributed by atoms with Crippen molar-refractivity contribution in [2.45, 2.75) is 146 Å². The highest BCUT2D eigenvalue weighted by molar-refractivity contribution is 6.75. The van der Waals surface area contributed by atoms with Crippen LogP contribution in [0.3, 0.4) is 0 Å². The molecule has 1 amide bonds. The number of ether oxygens (including phenoxy) is 1.